The highest BCUT2D eigenvalue weighted by atomic mass is 35.5. The third-order valence-corrected chi connectivity index (χ3v) is 3.99. The van der Waals surface area contributed by atoms with Crippen LogP contribution in [0.15, 0.2) is 24.3 Å². The van der Waals surface area contributed by atoms with Crippen LogP contribution in [0.4, 0.5) is 0 Å². The molecule has 0 spiro atoms. The molecule has 4 nitrogen and oxygen atoms in total. The molecular formula is C15H19ClN2O2. The van der Waals surface area contributed by atoms with Gasteiger partial charge in [-0.3, -0.25) is 9.59 Å². The molecular weight excluding hydrogens is 276 g/mol. The highest BCUT2D eigenvalue weighted by molar-refractivity contribution is 6.30. The van der Waals surface area contributed by atoms with Gasteiger partial charge < -0.3 is 10.2 Å². The zero-order valence-corrected chi connectivity index (χ0v) is 12.9. The lowest BCUT2D eigenvalue weighted by Crippen LogP contribution is -2.67. The van der Waals surface area contributed by atoms with Gasteiger partial charge in [-0.25, -0.2) is 0 Å². The van der Waals surface area contributed by atoms with Crippen molar-refractivity contribution >= 4 is 23.4 Å². The lowest BCUT2D eigenvalue weighted by Gasteiger charge is -2.44. The van der Waals surface area contributed by atoms with E-state index in [0.717, 1.165) is 5.56 Å². The topological polar surface area (TPSA) is 49.4 Å². The number of nitrogens with zero attached hydrogens (tertiary/aromatic N) is 1. The summed E-state index contributed by atoms with van der Waals surface area (Å²) < 4.78 is 0. The van der Waals surface area contributed by atoms with Crippen molar-refractivity contribution in [2.24, 2.45) is 0 Å². The van der Waals surface area contributed by atoms with Crippen molar-refractivity contribution in [2.75, 3.05) is 0 Å². The average molecular weight is 295 g/mol. The van der Waals surface area contributed by atoms with Crippen molar-refractivity contribution in [2.45, 2.75) is 45.3 Å². The van der Waals surface area contributed by atoms with Crippen molar-refractivity contribution < 1.29 is 9.59 Å². The second kappa shape index (κ2) is 5.09. The third kappa shape index (κ3) is 2.52. The zero-order chi connectivity index (χ0) is 15.1. The molecule has 2 atom stereocenters. The number of carbonyl (C=O) groups excluding carboxylic acids is 2. The number of nitrogens with one attached hydrogen (secondary N) is 1. The zero-order valence-electron chi connectivity index (χ0n) is 12.1. The number of amides is 2. The molecule has 0 saturated carbocycles. The maximum Gasteiger partial charge on any atom is 0.248 e. The highest BCUT2D eigenvalue weighted by Gasteiger charge is 2.45. The van der Waals surface area contributed by atoms with Gasteiger partial charge in [0, 0.05) is 5.02 Å². The van der Waals surface area contributed by atoms with Crippen LogP contribution in [-0.2, 0) is 9.59 Å². The first-order valence-electron chi connectivity index (χ1n) is 6.64. The Balaban J connectivity index is 2.38. The standard InChI is InChI=1S/C15H19ClN2O2/c1-9(11-6-5-7-12(16)8-11)18-10(2)13(19)17-15(3,4)14(18)20/h5-10H,1-4H3,(H,17,19). The van der Waals surface area contributed by atoms with Crippen LogP contribution in [0.2, 0.25) is 5.02 Å². The summed E-state index contributed by atoms with van der Waals surface area (Å²) in [5, 5.41) is 3.37. The minimum absolute atomic E-state index is 0.0860. The summed E-state index contributed by atoms with van der Waals surface area (Å²) in [4.78, 5) is 26.2. The maximum atomic E-state index is 12.6. The van der Waals surface area contributed by atoms with E-state index < -0.39 is 11.6 Å². The first kappa shape index (κ1) is 14.9. The Kier molecular flexibility index (Phi) is 3.78. The van der Waals surface area contributed by atoms with Gasteiger partial charge in [-0.15, -0.1) is 0 Å². The van der Waals surface area contributed by atoms with E-state index >= 15 is 0 Å². The summed E-state index contributed by atoms with van der Waals surface area (Å²) >= 11 is 6.00. The Hall–Kier alpha value is -1.55. The fourth-order valence-corrected chi connectivity index (χ4v) is 2.73. The van der Waals surface area contributed by atoms with E-state index in [1.165, 1.54) is 0 Å². The van der Waals surface area contributed by atoms with E-state index in [4.69, 9.17) is 11.6 Å². The maximum absolute atomic E-state index is 12.6. The van der Waals surface area contributed by atoms with Crippen LogP contribution in [0.1, 0.15) is 39.3 Å². The van der Waals surface area contributed by atoms with Crippen LogP contribution in [0.3, 0.4) is 0 Å². The lowest BCUT2D eigenvalue weighted by atomic mass is 9.94. The number of rotatable bonds is 2. The Morgan fingerprint density at radius 3 is 2.60 bits per heavy atom. The highest BCUT2D eigenvalue weighted by Crippen LogP contribution is 2.29. The van der Waals surface area contributed by atoms with Crippen molar-refractivity contribution in [3.8, 4) is 0 Å². The third-order valence-electron chi connectivity index (χ3n) is 3.75. The molecule has 1 heterocycles. The van der Waals surface area contributed by atoms with Crippen LogP contribution >= 0.6 is 11.6 Å². The normalized spacial score (nSPS) is 23.4. The summed E-state index contributed by atoms with van der Waals surface area (Å²) in [7, 11) is 0. The number of halogens is 1. The average Bonchev–Trinajstić information content (AvgIpc) is 2.36. The monoisotopic (exact) mass is 294 g/mol. The number of hydrogen-bond acceptors (Lipinski definition) is 2. The van der Waals surface area contributed by atoms with Gasteiger partial charge in [-0.1, -0.05) is 23.7 Å². The first-order valence-corrected chi connectivity index (χ1v) is 7.02. The van der Waals surface area contributed by atoms with Crippen molar-refractivity contribution in [1.29, 1.82) is 0 Å². The van der Waals surface area contributed by atoms with Gasteiger partial charge in [-0.2, -0.15) is 0 Å². The fourth-order valence-electron chi connectivity index (χ4n) is 2.53. The molecule has 20 heavy (non-hydrogen) atoms. The molecule has 1 aromatic carbocycles. The summed E-state index contributed by atoms with van der Waals surface area (Å²) in [6.45, 7) is 7.09. The van der Waals surface area contributed by atoms with E-state index in [-0.39, 0.29) is 17.9 Å². The molecule has 1 N–H and O–H groups in total. The SMILES string of the molecule is CC1C(=O)NC(C)(C)C(=O)N1C(C)c1cccc(Cl)c1. The molecule has 0 aromatic heterocycles. The number of benzene rings is 1. The van der Waals surface area contributed by atoms with Gasteiger partial charge in [0.1, 0.15) is 11.6 Å². The minimum Gasteiger partial charge on any atom is -0.340 e. The van der Waals surface area contributed by atoms with Crippen LogP contribution in [0.25, 0.3) is 0 Å². The molecule has 0 radical (unpaired) electrons. The molecule has 108 valence electrons. The second-order valence-electron chi connectivity index (χ2n) is 5.73. The van der Waals surface area contributed by atoms with Crippen molar-refractivity contribution in [3.63, 3.8) is 0 Å². The van der Waals surface area contributed by atoms with Gasteiger partial charge in [0.2, 0.25) is 11.8 Å². The van der Waals surface area contributed by atoms with E-state index in [2.05, 4.69) is 5.32 Å². The summed E-state index contributed by atoms with van der Waals surface area (Å²) in [5.41, 5.74) is 0.0411. The summed E-state index contributed by atoms with van der Waals surface area (Å²) in [6.07, 6.45) is 0. The van der Waals surface area contributed by atoms with Crippen LogP contribution < -0.4 is 5.32 Å². The van der Waals surface area contributed by atoms with Gasteiger partial charge in [-0.05, 0) is 45.4 Å². The lowest BCUT2D eigenvalue weighted by molar-refractivity contribution is -0.155. The Labute approximate surface area is 124 Å². The Morgan fingerprint density at radius 2 is 2.00 bits per heavy atom. The minimum atomic E-state index is -0.879. The van der Waals surface area contributed by atoms with E-state index in [1.807, 2.05) is 25.1 Å². The molecule has 0 bridgehead atoms. The molecule has 0 aliphatic carbocycles. The predicted octanol–water partition coefficient (Wildman–Crippen LogP) is 2.53. The van der Waals surface area contributed by atoms with Gasteiger partial charge in [0.15, 0.2) is 0 Å². The molecule has 1 aromatic rings. The van der Waals surface area contributed by atoms with Gasteiger partial charge in [0.25, 0.3) is 0 Å². The molecule has 2 amide bonds. The summed E-state index contributed by atoms with van der Waals surface area (Å²) in [6, 6.07) is 6.67. The number of hydrogen-bond donors (Lipinski definition) is 1. The first-order chi connectivity index (χ1) is 9.24. The van der Waals surface area contributed by atoms with Gasteiger partial charge in [0.05, 0.1) is 6.04 Å². The van der Waals surface area contributed by atoms with E-state index in [0.29, 0.717) is 5.02 Å². The smallest absolute Gasteiger partial charge is 0.248 e. The summed E-state index contributed by atoms with van der Waals surface area (Å²) in [5.74, 6) is -0.222. The van der Waals surface area contributed by atoms with Crippen LogP contribution in [0.5, 0.6) is 0 Å². The Bertz CT molecular complexity index is 557. The van der Waals surface area contributed by atoms with Crippen molar-refractivity contribution in [3.05, 3.63) is 34.9 Å². The quantitative estimate of drug-likeness (QED) is 0.911. The van der Waals surface area contributed by atoms with E-state index in [9.17, 15) is 9.59 Å². The molecule has 2 rings (SSSR count). The fraction of sp³-hybridized carbons (Fsp3) is 0.467. The number of carbonyl (C=O) groups is 2. The van der Waals surface area contributed by atoms with E-state index in [1.54, 1.807) is 31.7 Å². The Morgan fingerprint density at radius 1 is 1.35 bits per heavy atom. The van der Waals surface area contributed by atoms with Gasteiger partial charge >= 0.3 is 0 Å². The largest absolute Gasteiger partial charge is 0.340 e. The molecule has 1 saturated heterocycles. The molecule has 1 aliphatic rings. The molecule has 1 fully saturated rings. The number of piperazine rings is 1. The predicted molar refractivity (Wildman–Crippen MR) is 78.4 cm³/mol. The van der Waals surface area contributed by atoms with Crippen LogP contribution in [-0.4, -0.2) is 28.3 Å². The second-order valence-corrected chi connectivity index (χ2v) is 6.17. The molecule has 1 aliphatic heterocycles. The molecule has 2 unspecified atom stereocenters. The van der Waals surface area contributed by atoms with Crippen molar-refractivity contribution in [1.82, 2.24) is 10.2 Å². The molecule has 5 heteroatoms. The van der Waals surface area contributed by atoms with Crippen LogP contribution in [0, 0.1) is 0 Å².